The molecular weight excluding hydrogens is 716 g/mol. The lowest BCUT2D eigenvalue weighted by molar-refractivity contribution is -0.315. The lowest BCUT2D eigenvalue weighted by Crippen LogP contribution is -2.70. The molecule has 0 unspecified atom stereocenters. The minimum atomic E-state index is -2.41. The van der Waals surface area contributed by atoms with Crippen molar-refractivity contribution in [2.24, 2.45) is 0 Å². The lowest BCUT2D eigenvalue weighted by Gasteiger charge is -2.48. The van der Waals surface area contributed by atoms with E-state index in [9.17, 15) is 33.6 Å². The highest BCUT2D eigenvalue weighted by atomic mass is 16.7. The predicted octanol–water partition coefficient (Wildman–Crippen LogP) is -0.162. The van der Waals surface area contributed by atoms with Crippen LogP contribution in [-0.2, 0) is 82.6 Å². The standard InChI is InChI=1S/C36H48N2O16/c1-8-13-47-14-15-48-16-17-50-36(35(45)46-7)19-28(51-24(4)40)32(38-31(44)21-49-23(3)39)34(54-36)33(53-26(6)42)29(52-25(5)41)20-37-30(43)18-27-11-9-22(2)10-12-27/h1,9-12,28-29,32-34H,13-21H2,2-7H3,(H,37,43)(H,38,44)/t28-,29+,32+,33+,34+,36+/m0/s1. The van der Waals surface area contributed by atoms with Crippen LogP contribution in [0.3, 0.4) is 0 Å². The number of nitrogens with one attached hydrogen (secondary N) is 2. The van der Waals surface area contributed by atoms with Crippen LogP contribution in [-0.4, -0.2) is 131 Å². The summed E-state index contributed by atoms with van der Waals surface area (Å²) in [5, 5.41) is 5.18. The van der Waals surface area contributed by atoms with Crippen LogP contribution in [0.4, 0.5) is 0 Å². The van der Waals surface area contributed by atoms with E-state index in [0.29, 0.717) is 5.56 Å². The summed E-state index contributed by atoms with van der Waals surface area (Å²) in [7, 11) is 1.04. The maximum atomic E-state index is 13.5. The number of rotatable bonds is 21. The number of aryl methyl sites for hydroxylation is 1. The fourth-order valence-electron chi connectivity index (χ4n) is 5.32. The second kappa shape index (κ2) is 22.9. The van der Waals surface area contributed by atoms with Crippen LogP contribution in [0.25, 0.3) is 0 Å². The molecule has 0 radical (unpaired) electrons. The molecule has 298 valence electrons. The van der Waals surface area contributed by atoms with Crippen molar-refractivity contribution in [1.29, 1.82) is 0 Å². The fraction of sp³-hybridized carbons (Fsp3) is 0.583. The van der Waals surface area contributed by atoms with Gasteiger partial charge in [-0.3, -0.25) is 28.8 Å². The van der Waals surface area contributed by atoms with E-state index >= 15 is 0 Å². The van der Waals surface area contributed by atoms with E-state index in [4.69, 9.17) is 49.1 Å². The van der Waals surface area contributed by atoms with Gasteiger partial charge in [0.1, 0.15) is 18.8 Å². The van der Waals surface area contributed by atoms with Crippen molar-refractivity contribution in [2.75, 3.05) is 53.3 Å². The molecule has 2 N–H and O–H groups in total. The minimum Gasteiger partial charge on any atom is -0.465 e. The number of esters is 5. The second-order valence-electron chi connectivity index (χ2n) is 12.0. The van der Waals surface area contributed by atoms with E-state index in [1.54, 1.807) is 12.1 Å². The van der Waals surface area contributed by atoms with Gasteiger partial charge in [-0.1, -0.05) is 35.7 Å². The molecular formula is C36H48N2O16. The van der Waals surface area contributed by atoms with Crippen LogP contribution >= 0.6 is 0 Å². The molecule has 54 heavy (non-hydrogen) atoms. The van der Waals surface area contributed by atoms with Gasteiger partial charge in [0.05, 0.1) is 59.0 Å². The third-order valence-corrected chi connectivity index (χ3v) is 7.51. The number of methoxy groups -OCH3 is 1. The van der Waals surface area contributed by atoms with Crippen molar-refractivity contribution in [1.82, 2.24) is 10.6 Å². The zero-order chi connectivity index (χ0) is 40.3. The van der Waals surface area contributed by atoms with Gasteiger partial charge in [-0.05, 0) is 12.5 Å². The zero-order valence-corrected chi connectivity index (χ0v) is 31.2. The Bertz CT molecular complexity index is 1490. The first kappa shape index (κ1) is 45.1. The molecule has 1 aromatic rings. The fourth-order valence-corrected chi connectivity index (χ4v) is 5.32. The summed E-state index contributed by atoms with van der Waals surface area (Å²) in [5.41, 5.74) is 1.66. The molecule has 1 saturated heterocycles. The van der Waals surface area contributed by atoms with Crippen molar-refractivity contribution in [2.45, 2.75) is 83.7 Å². The third-order valence-electron chi connectivity index (χ3n) is 7.51. The molecule has 0 bridgehead atoms. The summed E-state index contributed by atoms with van der Waals surface area (Å²) in [6.07, 6.45) is -1.99. The maximum Gasteiger partial charge on any atom is 0.366 e. The number of amides is 2. The summed E-state index contributed by atoms with van der Waals surface area (Å²) in [4.78, 5) is 88.7. The van der Waals surface area contributed by atoms with Gasteiger partial charge in [0.25, 0.3) is 11.7 Å². The number of carbonyl (C=O) groups is 7. The number of carbonyl (C=O) groups excluding carboxylic acids is 7. The van der Waals surface area contributed by atoms with Crippen molar-refractivity contribution in [3.63, 3.8) is 0 Å². The number of benzene rings is 1. The molecule has 2 rings (SSSR count). The van der Waals surface area contributed by atoms with Gasteiger partial charge >= 0.3 is 29.8 Å². The average molecular weight is 765 g/mol. The quantitative estimate of drug-likeness (QED) is 0.0718. The maximum absolute atomic E-state index is 13.5. The SMILES string of the molecule is C#CCOCCOCCO[C@]1(C(=O)OC)C[C@H](OC(C)=O)[C@@H](NC(=O)COC(C)=O)[C@H]([C@H](OC(C)=O)[C@@H](CNC(=O)Cc2ccc(C)cc2)OC(C)=O)O1. The zero-order valence-electron chi connectivity index (χ0n) is 31.2. The first-order valence-corrected chi connectivity index (χ1v) is 16.9. The number of terminal acetylenes is 1. The number of ether oxygens (including phenoxy) is 9. The van der Waals surface area contributed by atoms with Gasteiger partial charge in [0, 0.05) is 27.7 Å². The smallest absolute Gasteiger partial charge is 0.366 e. The van der Waals surface area contributed by atoms with Crippen molar-refractivity contribution >= 4 is 41.7 Å². The third kappa shape index (κ3) is 15.5. The molecule has 18 heteroatoms. The monoisotopic (exact) mass is 764 g/mol. The topological polar surface area (TPSA) is 227 Å². The molecule has 1 heterocycles. The van der Waals surface area contributed by atoms with Gasteiger partial charge in [-0.15, -0.1) is 6.42 Å². The van der Waals surface area contributed by atoms with E-state index < -0.39 is 97.5 Å². The first-order chi connectivity index (χ1) is 25.6. The lowest BCUT2D eigenvalue weighted by atomic mass is 9.87. The molecule has 1 fully saturated rings. The molecule has 0 saturated carbocycles. The molecule has 0 spiro atoms. The molecule has 0 aromatic heterocycles. The van der Waals surface area contributed by atoms with Crippen LogP contribution in [0.2, 0.25) is 0 Å². The highest BCUT2D eigenvalue weighted by Gasteiger charge is 2.59. The van der Waals surface area contributed by atoms with Crippen molar-refractivity contribution in [3.8, 4) is 12.3 Å². The Balaban J connectivity index is 2.60. The van der Waals surface area contributed by atoms with E-state index in [2.05, 4.69) is 16.6 Å². The summed E-state index contributed by atoms with van der Waals surface area (Å²) in [5.74, 6) is -6.07. The highest BCUT2D eigenvalue weighted by Crippen LogP contribution is 2.37. The Morgan fingerprint density at radius 2 is 1.54 bits per heavy atom. The predicted molar refractivity (Wildman–Crippen MR) is 184 cm³/mol. The van der Waals surface area contributed by atoms with E-state index in [1.165, 1.54) is 0 Å². The molecule has 0 aliphatic carbocycles. The van der Waals surface area contributed by atoms with E-state index in [-0.39, 0.29) is 39.5 Å². The van der Waals surface area contributed by atoms with E-state index in [1.807, 2.05) is 19.1 Å². The Morgan fingerprint density at radius 1 is 0.889 bits per heavy atom. The average Bonchev–Trinajstić information content (AvgIpc) is 3.10. The Hall–Kier alpha value is -5.09. The molecule has 1 aliphatic rings. The second-order valence-corrected chi connectivity index (χ2v) is 12.0. The normalized spacial score (nSPS) is 20.2. The summed E-state index contributed by atoms with van der Waals surface area (Å²) in [6.45, 7) is 4.81. The molecule has 18 nitrogen and oxygen atoms in total. The van der Waals surface area contributed by atoms with Gasteiger partial charge < -0.3 is 53.3 Å². The minimum absolute atomic E-state index is 0.0635. The van der Waals surface area contributed by atoms with Crippen molar-refractivity contribution < 1.29 is 76.2 Å². The van der Waals surface area contributed by atoms with Crippen LogP contribution in [0, 0.1) is 19.3 Å². The van der Waals surface area contributed by atoms with Crippen molar-refractivity contribution in [3.05, 3.63) is 35.4 Å². The Kier molecular flexibility index (Phi) is 19.1. The summed E-state index contributed by atoms with van der Waals surface area (Å²) < 4.78 is 49.4. The first-order valence-electron chi connectivity index (χ1n) is 16.9. The molecule has 1 aromatic carbocycles. The number of hydrogen-bond acceptors (Lipinski definition) is 16. The van der Waals surface area contributed by atoms with Crippen LogP contribution in [0.5, 0.6) is 0 Å². The largest absolute Gasteiger partial charge is 0.465 e. The summed E-state index contributed by atoms with van der Waals surface area (Å²) >= 11 is 0. The van der Waals surface area contributed by atoms with Crippen LogP contribution in [0.1, 0.15) is 45.2 Å². The van der Waals surface area contributed by atoms with Gasteiger partial charge in [-0.25, -0.2) is 4.79 Å². The molecule has 6 atom stereocenters. The summed E-state index contributed by atoms with van der Waals surface area (Å²) in [6, 6.07) is 5.69. The van der Waals surface area contributed by atoms with Crippen LogP contribution in [0.15, 0.2) is 24.3 Å². The Labute approximate surface area is 313 Å². The Morgan fingerprint density at radius 3 is 2.13 bits per heavy atom. The van der Waals surface area contributed by atoms with E-state index in [0.717, 1.165) is 40.4 Å². The van der Waals surface area contributed by atoms with Gasteiger partial charge in [0.15, 0.2) is 18.8 Å². The van der Waals surface area contributed by atoms with Gasteiger partial charge in [0.2, 0.25) is 5.91 Å². The highest BCUT2D eigenvalue weighted by molar-refractivity contribution is 5.81. The number of hydrogen-bond donors (Lipinski definition) is 2. The van der Waals surface area contributed by atoms with Gasteiger partial charge in [-0.2, -0.15) is 0 Å². The van der Waals surface area contributed by atoms with Crippen LogP contribution < -0.4 is 10.6 Å². The molecule has 1 aliphatic heterocycles. The molecule has 2 amide bonds.